The van der Waals surface area contributed by atoms with Gasteiger partial charge in [-0.15, -0.1) is 0 Å². The first-order chi connectivity index (χ1) is 10.8. The van der Waals surface area contributed by atoms with Crippen LogP contribution in [0.15, 0.2) is 18.2 Å². The molecule has 1 aliphatic rings. The average molecular weight is 320 g/mol. The summed E-state index contributed by atoms with van der Waals surface area (Å²) in [5, 5.41) is 11.2. The van der Waals surface area contributed by atoms with E-state index in [1.54, 1.807) is 43.0 Å². The summed E-state index contributed by atoms with van der Waals surface area (Å²) in [5.74, 6) is -0.364. The minimum absolute atomic E-state index is 0.0985. The number of aryl methyl sites for hydroxylation is 1. The summed E-state index contributed by atoms with van der Waals surface area (Å²) in [6.07, 6.45) is 0. The number of para-hydroxylation sites is 1. The number of benzene rings is 1. The third kappa shape index (κ3) is 3.41. The molecular formula is C15H20N4O4. The molecule has 0 aromatic heterocycles. The highest BCUT2D eigenvalue weighted by atomic mass is 16.6. The van der Waals surface area contributed by atoms with E-state index in [0.29, 0.717) is 31.7 Å². The number of nitro benzene ring substituents is 1. The van der Waals surface area contributed by atoms with Crippen LogP contribution in [-0.2, 0) is 0 Å². The van der Waals surface area contributed by atoms with Crippen LogP contribution in [0, 0.1) is 17.0 Å². The Labute approximate surface area is 134 Å². The average Bonchev–Trinajstić information content (AvgIpc) is 2.52. The van der Waals surface area contributed by atoms with E-state index in [1.807, 2.05) is 0 Å². The molecule has 0 spiro atoms. The second-order valence-electron chi connectivity index (χ2n) is 5.68. The van der Waals surface area contributed by atoms with Crippen molar-refractivity contribution in [3.8, 4) is 0 Å². The zero-order chi connectivity index (χ0) is 17.1. The van der Waals surface area contributed by atoms with Crippen molar-refractivity contribution in [3.05, 3.63) is 39.4 Å². The van der Waals surface area contributed by atoms with Crippen LogP contribution in [0.1, 0.15) is 15.9 Å². The molecule has 0 radical (unpaired) electrons. The van der Waals surface area contributed by atoms with Crippen LogP contribution in [0.25, 0.3) is 0 Å². The Hall–Kier alpha value is -2.64. The zero-order valence-electron chi connectivity index (χ0n) is 13.5. The highest BCUT2D eigenvalue weighted by molar-refractivity contribution is 5.98. The van der Waals surface area contributed by atoms with E-state index in [-0.39, 0.29) is 23.2 Å². The number of urea groups is 1. The standard InChI is InChI=1S/C15H20N4O4/c1-11-5-4-6-12(13(11)19(22)23)14(20)17-7-9-18(10-8-17)15(21)16(2)3/h4-6H,7-10H2,1-3H3. The summed E-state index contributed by atoms with van der Waals surface area (Å²) in [5.41, 5.74) is 0.411. The fraction of sp³-hybridized carbons (Fsp3) is 0.467. The van der Waals surface area contributed by atoms with Crippen molar-refractivity contribution < 1.29 is 14.5 Å². The van der Waals surface area contributed by atoms with Gasteiger partial charge in [-0.3, -0.25) is 14.9 Å². The molecule has 1 saturated heterocycles. The van der Waals surface area contributed by atoms with Crippen LogP contribution in [0.5, 0.6) is 0 Å². The third-order valence-corrected chi connectivity index (χ3v) is 3.87. The van der Waals surface area contributed by atoms with Gasteiger partial charge in [-0.05, 0) is 13.0 Å². The molecule has 8 nitrogen and oxygen atoms in total. The summed E-state index contributed by atoms with van der Waals surface area (Å²) >= 11 is 0. The molecule has 0 N–H and O–H groups in total. The predicted octanol–water partition coefficient (Wildman–Crippen LogP) is 1.34. The fourth-order valence-corrected chi connectivity index (χ4v) is 2.63. The van der Waals surface area contributed by atoms with Crippen molar-refractivity contribution in [1.82, 2.24) is 14.7 Å². The smallest absolute Gasteiger partial charge is 0.319 e. The lowest BCUT2D eigenvalue weighted by Gasteiger charge is -2.35. The summed E-state index contributed by atoms with van der Waals surface area (Å²) in [6.45, 7) is 3.18. The van der Waals surface area contributed by atoms with Crippen LogP contribution in [0.2, 0.25) is 0 Å². The number of hydrogen-bond acceptors (Lipinski definition) is 4. The van der Waals surface area contributed by atoms with Gasteiger partial charge < -0.3 is 14.7 Å². The number of hydrogen-bond donors (Lipinski definition) is 0. The Morgan fingerprint density at radius 1 is 1.13 bits per heavy atom. The summed E-state index contributed by atoms with van der Waals surface area (Å²) in [7, 11) is 3.35. The molecule has 1 heterocycles. The summed E-state index contributed by atoms with van der Waals surface area (Å²) in [4.78, 5) is 39.9. The number of piperazine rings is 1. The Morgan fingerprint density at radius 3 is 2.22 bits per heavy atom. The van der Waals surface area contributed by atoms with Gasteiger partial charge in [0.2, 0.25) is 0 Å². The van der Waals surface area contributed by atoms with Gasteiger partial charge in [-0.2, -0.15) is 0 Å². The van der Waals surface area contributed by atoms with Crippen molar-refractivity contribution in [2.45, 2.75) is 6.92 Å². The number of carbonyl (C=O) groups is 2. The quantitative estimate of drug-likeness (QED) is 0.608. The van der Waals surface area contributed by atoms with Crippen molar-refractivity contribution in [2.24, 2.45) is 0 Å². The number of amides is 3. The van der Waals surface area contributed by atoms with Gasteiger partial charge in [0.25, 0.3) is 11.6 Å². The van der Waals surface area contributed by atoms with Crippen molar-refractivity contribution in [2.75, 3.05) is 40.3 Å². The van der Waals surface area contributed by atoms with Crippen molar-refractivity contribution in [1.29, 1.82) is 0 Å². The van der Waals surface area contributed by atoms with Gasteiger partial charge >= 0.3 is 6.03 Å². The molecule has 0 unspecified atom stereocenters. The maximum atomic E-state index is 12.6. The molecule has 23 heavy (non-hydrogen) atoms. The lowest BCUT2D eigenvalue weighted by molar-refractivity contribution is -0.385. The van der Waals surface area contributed by atoms with Crippen LogP contribution in [0.4, 0.5) is 10.5 Å². The normalized spacial score (nSPS) is 14.6. The van der Waals surface area contributed by atoms with Crippen LogP contribution >= 0.6 is 0 Å². The van der Waals surface area contributed by atoms with E-state index in [0.717, 1.165) is 0 Å². The second-order valence-corrected chi connectivity index (χ2v) is 5.68. The molecule has 0 aliphatic carbocycles. The number of carbonyl (C=O) groups excluding carboxylic acids is 2. The van der Waals surface area contributed by atoms with Gasteiger partial charge in [0.05, 0.1) is 4.92 Å². The molecule has 0 saturated carbocycles. The Kier molecular flexibility index (Phi) is 4.83. The van der Waals surface area contributed by atoms with Gasteiger partial charge in [0.1, 0.15) is 5.56 Å². The predicted molar refractivity (Wildman–Crippen MR) is 84.4 cm³/mol. The topological polar surface area (TPSA) is 87.0 Å². The lowest BCUT2D eigenvalue weighted by Crippen LogP contribution is -2.52. The van der Waals surface area contributed by atoms with E-state index < -0.39 is 4.92 Å². The Morgan fingerprint density at radius 2 is 1.70 bits per heavy atom. The SMILES string of the molecule is Cc1cccc(C(=O)N2CCN(C(=O)N(C)C)CC2)c1[N+](=O)[O-]. The van der Waals surface area contributed by atoms with Crippen LogP contribution in [-0.4, -0.2) is 71.8 Å². The summed E-state index contributed by atoms with van der Waals surface area (Å²) in [6, 6.07) is 4.63. The minimum Gasteiger partial charge on any atom is -0.335 e. The zero-order valence-corrected chi connectivity index (χ0v) is 13.5. The first kappa shape index (κ1) is 16.7. The highest BCUT2D eigenvalue weighted by Gasteiger charge is 2.30. The van der Waals surface area contributed by atoms with E-state index in [4.69, 9.17) is 0 Å². The minimum atomic E-state index is -0.519. The molecular weight excluding hydrogens is 300 g/mol. The molecule has 1 aromatic rings. The first-order valence-electron chi connectivity index (χ1n) is 7.32. The largest absolute Gasteiger partial charge is 0.335 e. The highest BCUT2D eigenvalue weighted by Crippen LogP contribution is 2.24. The van der Waals surface area contributed by atoms with E-state index in [1.165, 1.54) is 11.0 Å². The molecule has 1 aliphatic heterocycles. The Bertz CT molecular complexity index is 636. The second kappa shape index (κ2) is 6.64. The maximum Gasteiger partial charge on any atom is 0.319 e. The van der Waals surface area contributed by atoms with Crippen LogP contribution < -0.4 is 0 Å². The van der Waals surface area contributed by atoms with Gasteiger partial charge in [0, 0.05) is 45.8 Å². The van der Waals surface area contributed by atoms with E-state index in [9.17, 15) is 19.7 Å². The van der Waals surface area contributed by atoms with Crippen LogP contribution in [0.3, 0.4) is 0 Å². The van der Waals surface area contributed by atoms with Gasteiger partial charge in [-0.25, -0.2) is 4.79 Å². The first-order valence-corrected chi connectivity index (χ1v) is 7.32. The third-order valence-electron chi connectivity index (χ3n) is 3.87. The van der Waals surface area contributed by atoms with Gasteiger partial charge in [0.15, 0.2) is 0 Å². The van der Waals surface area contributed by atoms with E-state index >= 15 is 0 Å². The molecule has 124 valence electrons. The summed E-state index contributed by atoms with van der Waals surface area (Å²) < 4.78 is 0. The molecule has 1 aromatic carbocycles. The fourth-order valence-electron chi connectivity index (χ4n) is 2.63. The van der Waals surface area contributed by atoms with E-state index in [2.05, 4.69) is 0 Å². The Balaban J connectivity index is 2.14. The molecule has 1 fully saturated rings. The molecule has 2 rings (SSSR count). The molecule has 0 atom stereocenters. The maximum absolute atomic E-state index is 12.6. The number of nitrogens with zero attached hydrogens (tertiary/aromatic N) is 4. The van der Waals surface area contributed by atoms with Crippen molar-refractivity contribution >= 4 is 17.6 Å². The molecule has 8 heteroatoms. The van der Waals surface area contributed by atoms with Crippen molar-refractivity contribution in [3.63, 3.8) is 0 Å². The molecule has 0 bridgehead atoms. The number of nitro groups is 1. The molecule has 3 amide bonds. The van der Waals surface area contributed by atoms with Gasteiger partial charge in [-0.1, -0.05) is 12.1 Å². The number of rotatable bonds is 2. The monoisotopic (exact) mass is 320 g/mol. The lowest BCUT2D eigenvalue weighted by atomic mass is 10.1.